The summed E-state index contributed by atoms with van der Waals surface area (Å²) in [6, 6.07) is 14.0. The summed E-state index contributed by atoms with van der Waals surface area (Å²) in [6.45, 7) is 1.93. The van der Waals surface area contributed by atoms with Crippen molar-refractivity contribution in [2.24, 2.45) is 0 Å². The lowest BCUT2D eigenvalue weighted by Gasteiger charge is -2.23. The maximum Gasteiger partial charge on any atom is 0.368 e. The molecule has 0 N–H and O–H groups in total. The number of hydrogen-bond acceptors (Lipinski definition) is 4. The van der Waals surface area contributed by atoms with E-state index in [9.17, 15) is 9.59 Å². The number of imide groups is 1. The van der Waals surface area contributed by atoms with E-state index >= 15 is 0 Å². The van der Waals surface area contributed by atoms with Crippen molar-refractivity contribution in [3.63, 3.8) is 0 Å². The van der Waals surface area contributed by atoms with Crippen molar-refractivity contribution in [2.45, 2.75) is 6.55 Å². The quantitative estimate of drug-likeness (QED) is 0.637. The molecule has 0 saturated carbocycles. The first-order valence-electron chi connectivity index (χ1n) is 7.20. The van der Waals surface area contributed by atoms with Gasteiger partial charge in [-0.25, -0.2) is 4.90 Å². The third kappa shape index (κ3) is 2.41. The van der Waals surface area contributed by atoms with Crippen LogP contribution in [0.3, 0.4) is 0 Å². The van der Waals surface area contributed by atoms with Gasteiger partial charge >= 0.3 is 8.56 Å². The summed E-state index contributed by atoms with van der Waals surface area (Å²) in [4.78, 5) is 26.1. The van der Waals surface area contributed by atoms with E-state index < -0.39 is 8.56 Å². The number of fused-ring (bicyclic) bond motifs is 1. The summed E-state index contributed by atoms with van der Waals surface area (Å²) in [7, 11) is 0.816. The third-order valence-electron chi connectivity index (χ3n) is 4.22. The van der Waals surface area contributed by atoms with E-state index in [0.717, 1.165) is 5.19 Å². The molecule has 2 aromatic rings. The van der Waals surface area contributed by atoms with Crippen LogP contribution in [0.5, 0.6) is 0 Å². The molecule has 6 heteroatoms. The van der Waals surface area contributed by atoms with Gasteiger partial charge in [-0.1, -0.05) is 24.3 Å². The molecule has 0 atom stereocenters. The van der Waals surface area contributed by atoms with Crippen molar-refractivity contribution in [3.8, 4) is 0 Å². The Hall–Kier alpha value is -2.28. The van der Waals surface area contributed by atoms with Crippen LogP contribution in [0.25, 0.3) is 0 Å². The fourth-order valence-corrected chi connectivity index (χ4v) is 4.07. The summed E-state index contributed by atoms with van der Waals surface area (Å²) in [5.74, 6) is -0.589. The zero-order valence-electron chi connectivity index (χ0n) is 13.2. The maximum absolute atomic E-state index is 12.5. The van der Waals surface area contributed by atoms with Crippen LogP contribution in [-0.4, -0.2) is 34.6 Å². The fourth-order valence-electron chi connectivity index (χ4n) is 2.66. The van der Waals surface area contributed by atoms with Crippen molar-refractivity contribution in [1.29, 1.82) is 0 Å². The van der Waals surface area contributed by atoms with Gasteiger partial charge in [0.15, 0.2) is 0 Å². The van der Waals surface area contributed by atoms with Gasteiger partial charge in [-0.05, 0) is 36.0 Å². The van der Waals surface area contributed by atoms with Gasteiger partial charge in [0.25, 0.3) is 11.8 Å². The minimum Gasteiger partial charge on any atom is -0.394 e. The van der Waals surface area contributed by atoms with Crippen LogP contribution >= 0.6 is 0 Å². The molecule has 0 aliphatic carbocycles. The van der Waals surface area contributed by atoms with Gasteiger partial charge in [-0.2, -0.15) is 0 Å². The standard InChI is InChI=1S/C17H17NO4Si/c1-21-23(3,22-2)13-10-8-12(9-11-13)18-16(19)14-6-4-5-7-15(14)17(18)20/h4-11H,1-3H3. The minimum absolute atomic E-state index is 0.295. The van der Waals surface area contributed by atoms with E-state index in [4.69, 9.17) is 8.85 Å². The van der Waals surface area contributed by atoms with Gasteiger partial charge in [-0.15, -0.1) is 0 Å². The number of benzene rings is 2. The Kier molecular flexibility index (Phi) is 3.89. The maximum atomic E-state index is 12.5. The van der Waals surface area contributed by atoms with Crippen molar-refractivity contribution < 1.29 is 18.4 Å². The summed E-state index contributed by atoms with van der Waals surface area (Å²) in [6.07, 6.45) is 0. The van der Waals surface area contributed by atoms with Gasteiger partial charge in [0.1, 0.15) is 0 Å². The number of anilines is 1. The Balaban J connectivity index is 1.96. The molecule has 2 amide bonds. The Labute approximate surface area is 135 Å². The highest BCUT2D eigenvalue weighted by Crippen LogP contribution is 2.27. The van der Waals surface area contributed by atoms with Gasteiger partial charge in [0, 0.05) is 14.2 Å². The summed E-state index contributed by atoms with van der Waals surface area (Å²) < 4.78 is 11.0. The number of hydrogen-bond donors (Lipinski definition) is 0. The van der Waals surface area contributed by atoms with Crippen LogP contribution in [0.2, 0.25) is 6.55 Å². The van der Waals surface area contributed by atoms with Crippen LogP contribution < -0.4 is 10.1 Å². The molecule has 0 unspecified atom stereocenters. The highest BCUT2D eigenvalue weighted by atomic mass is 28.4. The molecular weight excluding hydrogens is 310 g/mol. The molecule has 5 nitrogen and oxygen atoms in total. The number of amides is 2. The first kappa shape index (κ1) is 15.6. The Morgan fingerprint density at radius 3 is 1.74 bits per heavy atom. The third-order valence-corrected chi connectivity index (χ3v) is 7.16. The topological polar surface area (TPSA) is 55.8 Å². The van der Waals surface area contributed by atoms with E-state index in [2.05, 4.69) is 0 Å². The van der Waals surface area contributed by atoms with E-state index in [0.29, 0.717) is 16.8 Å². The van der Waals surface area contributed by atoms with Crippen LogP contribution in [0, 0.1) is 0 Å². The molecule has 118 valence electrons. The number of nitrogens with zero attached hydrogens (tertiary/aromatic N) is 1. The molecule has 0 radical (unpaired) electrons. The van der Waals surface area contributed by atoms with Crippen molar-refractivity contribution in [3.05, 3.63) is 59.7 Å². The molecule has 1 heterocycles. The molecule has 0 fully saturated rings. The van der Waals surface area contributed by atoms with Crippen molar-refractivity contribution >= 4 is 31.2 Å². The lowest BCUT2D eigenvalue weighted by atomic mass is 10.1. The monoisotopic (exact) mass is 327 g/mol. The summed E-state index contributed by atoms with van der Waals surface area (Å²) in [5.41, 5.74) is 1.42. The van der Waals surface area contributed by atoms with Crippen LogP contribution in [0.15, 0.2) is 48.5 Å². The van der Waals surface area contributed by atoms with Gasteiger partial charge in [0.05, 0.1) is 16.8 Å². The van der Waals surface area contributed by atoms with Gasteiger partial charge in [-0.3, -0.25) is 9.59 Å². The number of rotatable bonds is 4. The van der Waals surface area contributed by atoms with Crippen molar-refractivity contribution in [2.75, 3.05) is 19.1 Å². The Morgan fingerprint density at radius 1 is 0.826 bits per heavy atom. The van der Waals surface area contributed by atoms with E-state index in [1.54, 1.807) is 50.6 Å². The Morgan fingerprint density at radius 2 is 1.30 bits per heavy atom. The SMILES string of the molecule is CO[Si](C)(OC)c1ccc(N2C(=O)c3ccccc3C2=O)cc1. The second-order valence-electron chi connectivity index (χ2n) is 5.39. The second-order valence-corrected chi connectivity index (χ2v) is 8.68. The number of carbonyl (C=O) groups excluding carboxylic acids is 2. The first-order valence-corrected chi connectivity index (χ1v) is 9.52. The molecule has 1 aliphatic heterocycles. The molecule has 0 bridgehead atoms. The minimum atomic E-state index is -2.42. The van der Waals surface area contributed by atoms with Crippen LogP contribution in [0.1, 0.15) is 20.7 Å². The zero-order chi connectivity index (χ0) is 16.6. The molecule has 0 aromatic heterocycles. The lowest BCUT2D eigenvalue weighted by Crippen LogP contribution is -2.49. The highest BCUT2D eigenvalue weighted by Gasteiger charge is 2.37. The van der Waals surface area contributed by atoms with Crippen LogP contribution in [-0.2, 0) is 8.85 Å². The Bertz CT molecular complexity index is 733. The molecular formula is C17H17NO4Si. The number of carbonyl (C=O) groups is 2. The zero-order valence-corrected chi connectivity index (χ0v) is 14.2. The molecule has 2 aromatic carbocycles. The van der Waals surface area contributed by atoms with Gasteiger partial charge in [0.2, 0.25) is 0 Å². The van der Waals surface area contributed by atoms with E-state index in [-0.39, 0.29) is 11.8 Å². The highest BCUT2D eigenvalue weighted by molar-refractivity contribution is 6.79. The first-order chi connectivity index (χ1) is 11.0. The lowest BCUT2D eigenvalue weighted by molar-refractivity contribution is 0.0926. The van der Waals surface area contributed by atoms with Crippen molar-refractivity contribution in [1.82, 2.24) is 0 Å². The smallest absolute Gasteiger partial charge is 0.368 e. The van der Waals surface area contributed by atoms with Gasteiger partial charge < -0.3 is 8.85 Å². The molecule has 0 spiro atoms. The van der Waals surface area contributed by atoms with Crippen LogP contribution in [0.4, 0.5) is 5.69 Å². The molecule has 0 saturated heterocycles. The summed E-state index contributed by atoms with van der Waals surface area (Å²) in [5, 5.41) is 0.933. The fraction of sp³-hybridized carbons (Fsp3) is 0.176. The van der Waals surface area contributed by atoms with E-state index in [1.807, 2.05) is 18.7 Å². The second kappa shape index (κ2) is 5.73. The summed E-state index contributed by atoms with van der Waals surface area (Å²) >= 11 is 0. The average molecular weight is 327 g/mol. The molecule has 1 aliphatic rings. The van der Waals surface area contributed by atoms with E-state index in [1.165, 1.54) is 4.90 Å². The normalized spacial score (nSPS) is 14.3. The predicted octanol–water partition coefficient (Wildman–Crippen LogP) is 2.06. The average Bonchev–Trinajstić information content (AvgIpc) is 2.86. The molecule has 3 rings (SSSR count). The predicted molar refractivity (Wildman–Crippen MR) is 89.3 cm³/mol. The largest absolute Gasteiger partial charge is 0.394 e. The molecule has 23 heavy (non-hydrogen) atoms.